The van der Waals surface area contributed by atoms with Crippen molar-refractivity contribution in [1.29, 1.82) is 0 Å². The van der Waals surface area contributed by atoms with Crippen molar-refractivity contribution < 1.29 is 0 Å². The van der Waals surface area contributed by atoms with Crippen LogP contribution in [-0.4, -0.2) is 44.2 Å². The second kappa shape index (κ2) is 6.73. The van der Waals surface area contributed by atoms with Gasteiger partial charge in [0.15, 0.2) is 0 Å². The Kier molecular flexibility index (Phi) is 5.25. The molecule has 0 aliphatic carbocycles. The Balaban J connectivity index is 2.23. The predicted octanol–water partition coefficient (Wildman–Crippen LogP) is 2.48. The van der Waals surface area contributed by atoms with E-state index in [1.807, 2.05) is 0 Å². The van der Waals surface area contributed by atoms with Crippen LogP contribution in [0, 0.1) is 0 Å². The normalized spacial score (nSPS) is 19.3. The summed E-state index contributed by atoms with van der Waals surface area (Å²) in [6.45, 7) is 6.62. The third-order valence-corrected chi connectivity index (χ3v) is 4.14. The van der Waals surface area contributed by atoms with Gasteiger partial charge in [-0.15, -0.1) is 0 Å². The zero-order valence-corrected chi connectivity index (χ0v) is 13.5. The highest BCUT2D eigenvalue weighted by Crippen LogP contribution is 2.27. The molecule has 1 aliphatic heterocycles. The molecular formula is C15H24BrN3. The summed E-state index contributed by atoms with van der Waals surface area (Å²) in [6.07, 6.45) is 2.16. The van der Waals surface area contributed by atoms with Crippen molar-refractivity contribution in [2.45, 2.75) is 25.8 Å². The minimum atomic E-state index is 0.203. The minimum absolute atomic E-state index is 0.203. The van der Waals surface area contributed by atoms with Crippen molar-refractivity contribution in [3.63, 3.8) is 0 Å². The Bertz CT molecular complexity index is 420. The van der Waals surface area contributed by atoms with Gasteiger partial charge >= 0.3 is 0 Å². The summed E-state index contributed by atoms with van der Waals surface area (Å²) in [7, 11) is 2.20. The monoisotopic (exact) mass is 325 g/mol. The van der Waals surface area contributed by atoms with Crippen LogP contribution < -0.4 is 10.6 Å². The van der Waals surface area contributed by atoms with Crippen LogP contribution in [0.25, 0.3) is 0 Å². The van der Waals surface area contributed by atoms with E-state index in [-0.39, 0.29) is 6.04 Å². The molecule has 1 fully saturated rings. The van der Waals surface area contributed by atoms with Gasteiger partial charge in [0, 0.05) is 35.8 Å². The van der Waals surface area contributed by atoms with E-state index in [0.717, 1.165) is 30.5 Å². The van der Waals surface area contributed by atoms with Crippen molar-refractivity contribution in [3.05, 3.63) is 28.2 Å². The first-order valence-electron chi connectivity index (χ1n) is 7.04. The van der Waals surface area contributed by atoms with Gasteiger partial charge in [-0.05, 0) is 51.1 Å². The number of anilines is 1. The third-order valence-electron chi connectivity index (χ3n) is 3.65. The molecule has 0 amide bonds. The molecule has 1 aromatic rings. The van der Waals surface area contributed by atoms with Crippen LogP contribution in [-0.2, 0) is 6.42 Å². The van der Waals surface area contributed by atoms with Gasteiger partial charge in [-0.2, -0.15) is 0 Å². The van der Waals surface area contributed by atoms with Crippen LogP contribution in [0.3, 0.4) is 0 Å². The molecule has 1 heterocycles. The topological polar surface area (TPSA) is 32.5 Å². The van der Waals surface area contributed by atoms with Crippen molar-refractivity contribution >= 4 is 21.6 Å². The Morgan fingerprint density at radius 1 is 1.26 bits per heavy atom. The highest BCUT2D eigenvalue weighted by atomic mass is 79.9. The van der Waals surface area contributed by atoms with Crippen molar-refractivity contribution in [2.75, 3.05) is 38.1 Å². The molecule has 0 spiro atoms. The number of rotatable bonds is 3. The summed E-state index contributed by atoms with van der Waals surface area (Å²) in [5.74, 6) is 0. The van der Waals surface area contributed by atoms with Gasteiger partial charge in [-0.1, -0.05) is 22.0 Å². The third kappa shape index (κ3) is 4.20. The van der Waals surface area contributed by atoms with Gasteiger partial charge < -0.3 is 15.5 Å². The van der Waals surface area contributed by atoms with E-state index in [4.69, 9.17) is 5.73 Å². The number of benzene rings is 1. The zero-order chi connectivity index (χ0) is 13.8. The molecule has 1 unspecified atom stereocenters. The molecule has 2 rings (SSSR count). The highest BCUT2D eigenvalue weighted by Gasteiger charge is 2.16. The van der Waals surface area contributed by atoms with E-state index in [1.165, 1.54) is 24.2 Å². The minimum Gasteiger partial charge on any atom is -0.370 e. The second-order valence-electron chi connectivity index (χ2n) is 5.60. The number of hydrogen-bond donors (Lipinski definition) is 1. The van der Waals surface area contributed by atoms with E-state index in [2.05, 4.69) is 57.9 Å². The molecule has 3 nitrogen and oxygen atoms in total. The maximum absolute atomic E-state index is 5.98. The van der Waals surface area contributed by atoms with Crippen LogP contribution in [0.15, 0.2) is 22.7 Å². The quantitative estimate of drug-likeness (QED) is 0.926. The lowest BCUT2D eigenvalue weighted by atomic mass is 10.0. The van der Waals surface area contributed by atoms with Crippen molar-refractivity contribution in [2.24, 2.45) is 5.73 Å². The fourth-order valence-electron chi connectivity index (χ4n) is 2.64. The van der Waals surface area contributed by atoms with Gasteiger partial charge in [0.1, 0.15) is 0 Å². The summed E-state index contributed by atoms with van der Waals surface area (Å²) in [4.78, 5) is 4.91. The maximum atomic E-state index is 5.98. The highest BCUT2D eigenvalue weighted by molar-refractivity contribution is 9.10. The van der Waals surface area contributed by atoms with E-state index >= 15 is 0 Å². The lowest BCUT2D eigenvalue weighted by molar-refractivity contribution is 0.360. The zero-order valence-electron chi connectivity index (χ0n) is 11.9. The van der Waals surface area contributed by atoms with Crippen LogP contribution in [0.1, 0.15) is 18.9 Å². The molecule has 0 aromatic heterocycles. The number of nitrogens with zero attached hydrogens (tertiary/aromatic N) is 2. The van der Waals surface area contributed by atoms with Crippen LogP contribution in [0.4, 0.5) is 5.69 Å². The largest absolute Gasteiger partial charge is 0.370 e. The number of halogens is 1. The summed E-state index contributed by atoms with van der Waals surface area (Å²) < 4.78 is 1.15. The maximum Gasteiger partial charge on any atom is 0.0411 e. The first-order chi connectivity index (χ1) is 9.06. The Hall–Kier alpha value is -0.580. The Labute approximate surface area is 124 Å². The van der Waals surface area contributed by atoms with Gasteiger partial charge in [-0.3, -0.25) is 0 Å². The lowest BCUT2D eigenvalue weighted by Gasteiger charge is -2.26. The molecule has 19 heavy (non-hydrogen) atoms. The summed E-state index contributed by atoms with van der Waals surface area (Å²) in [5.41, 5.74) is 8.69. The molecule has 1 aromatic carbocycles. The molecule has 1 aliphatic rings. The summed E-state index contributed by atoms with van der Waals surface area (Å²) >= 11 is 3.59. The van der Waals surface area contributed by atoms with Crippen LogP contribution in [0.2, 0.25) is 0 Å². The molecule has 4 heteroatoms. The van der Waals surface area contributed by atoms with Gasteiger partial charge in [-0.25, -0.2) is 0 Å². The lowest BCUT2D eigenvalue weighted by Crippen LogP contribution is -2.30. The summed E-state index contributed by atoms with van der Waals surface area (Å²) in [5, 5.41) is 0. The second-order valence-corrected chi connectivity index (χ2v) is 6.51. The molecule has 106 valence electrons. The Morgan fingerprint density at radius 3 is 2.79 bits per heavy atom. The van der Waals surface area contributed by atoms with E-state index in [0.29, 0.717) is 0 Å². The standard InChI is InChI=1S/C15H24BrN3/c1-12(17)10-13-4-5-14(16)11-15(13)19-7-3-6-18(2)8-9-19/h4-5,11-12H,3,6-10,17H2,1-2H3. The molecular weight excluding hydrogens is 302 g/mol. The van der Waals surface area contributed by atoms with Gasteiger partial charge in [0.2, 0.25) is 0 Å². The predicted molar refractivity (Wildman–Crippen MR) is 85.8 cm³/mol. The molecule has 0 saturated carbocycles. The number of likely N-dealkylation sites (N-methyl/N-ethyl adjacent to an activating group) is 1. The van der Waals surface area contributed by atoms with E-state index in [1.54, 1.807) is 0 Å². The first-order valence-corrected chi connectivity index (χ1v) is 7.83. The van der Waals surface area contributed by atoms with E-state index < -0.39 is 0 Å². The van der Waals surface area contributed by atoms with Crippen LogP contribution >= 0.6 is 15.9 Å². The number of nitrogens with two attached hydrogens (primary N) is 1. The Morgan fingerprint density at radius 2 is 2.05 bits per heavy atom. The molecule has 1 saturated heterocycles. The van der Waals surface area contributed by atoms with Gasteiger partial charge in [0.25, 0.3) is 0 Å². The van der Waals surface area contributed by atoms with Crippen molar-refractivity contribution in [1.82, 2.24) is 4.90 Å². The van der Waals surface area contributed by atoms with Crippen LogP contribution in [0.5, 0.6) is 0 Å². The molecule has 1 atom stereocenters. The van der Waals surface area contributed by atoms with Gasteiger partial charge in [0.05, 0.1) is 0 Å². The molecule has 0 radical (unpaired) electrons. The fraction of sp³-hybridized carbons (Fsp3) is 0.600. The number of hydrogen-bond acceptors (Lipinski definition) is 3. The summed E-state index contributed by atoms with van der Waals surface area (Å²) in [6, 6.07) is 6.76. The van der Waals surface area contributed by atoms with E-state index in [9.17, 15) is 0 Å². The average molecular weight is 326 g/mol. The fourth-order valence-corrected chi connectivity index (χ4v) is 2.99. The smallest absolute Gasteiger partial charge is 0.0411 e. The average Bonchev–Trinajstić information content (AvgIpc) is 2.56. The molecule has 2 N–H and O–H groups in total. The van der Waals surface area contributed by atoms with Crippen molar-refractivity contribution in [3.8, 4) is 0 Å². The first kappa shape index (κ1) is 14.8. The SMILES string of the molecule is CC(N)Cc1ccc(Br)cc1N1CCCN(C)CC1. The molecule has 0 bridgehead atoms.